The third kappa shape index (κ3) is 3.77. The predicted octanol–water partition coefficient (Wildman–Crippen LogP) is 2.53. The molecule has 0 spiro atoms. The van der Waals surface area contributed by atoms with Crippen molar-refractivity contribution in [2.75, 3.05) is 32.8 Å². The van der Waals surface area contributed by atoms with Crippen LogP contribution in [-0.2, 0) is 0 Å². The maximum atomic E-state index is 12.3. The third-order valence-corrected chi connectivity index (χ3v) is 3.33. The van der Waals surface area contributed by atoms with Crippen molar-refractivity contribution < 1.29 is 14.3 Å². The molecule has 0 bridgehead atoms. The van der Waals surface area contributed by atoms with E-state index in [2.05, 4.69) is 5.43 Å². The van der Waals surface area contributed by atoms with Crippen LogP contribution in [0.1, 0.15) is 10.4 Å². The zero-order chi connectivity index (χ0) is 15.9. The minimum Gasteiger partial charge on any atom is -0.493 e. The normalized spacial score (nSPS) is 10.1. The second-order valence-electron chi connectivity index (χ2n) is 4.72. The molecule has 2 rings (SSSR count). The van der Waals surface area contributed by atoms with Crippen molar-refractivity contribution in [3.05, 3.63) is 54.1 Å². The fourth-order valence-corrected chi connectivity index (χ4v) is 2.05. The van der Waals surface area contributed by atoms with Gasteiger partial charge in [-0.25, -0.2) is 5.43 Å². The molecule has 2 aromatic rings. The van der Waals surface area contributed by atoms with Crippen LogP contribution in [0.4, 0.5) is 5.69 Å². The summed E-state index contributed by atoms with van der Waals surface area (Å²) < 4.78 is 10.4. The molecule has 2 aromatic carbocycles. The lowest BCUT2D eigenvalue weighted by atomic mass is 10.1. The summed E-state index contributed by atoms with van der Waals surface area (Å²) in [5.41, 5.74) is 4.64. The van der Waals surface area contributed by atoms with Crippen molar-refractivity contribution in [3.8, 4) is 11.5 Å². The van der Waals surface area contributed by atoms with Crippen molar-refractivity contribution in [1.82, 2.24) is 5.43 Å². The fraction of sp³-hybridized carbons (Fsp3) is 0.235. The quantitative estimate of drug-likeness (QED) is 0.629. The van der Waals surface area contributed by atoms with Crippen molar-refractivity contribution >= 4 is 11.5 Å². The summed E-state index contributed by atoms with van der Waals surface area (Å²) in [7, 11) is 4.99. The first-order valence-corrected chi connectivity index (χ1v) is 6.93. The molecular formula is C17H20N2O3. The fourth-order valence-electron chi connectivity index (χ4n) is 2.05. The van der Waals surface area contributed by atoms with E-state index in [4.69, 9.17) is 9.47 Å². The van der Waals surface area contributed by atoms with E-state index in [0.717, 1.165) is 5.69 Å². The van der Waals surface area contributed by atoms with Gasteiger partial charge in [0.25, 0.3) is 0 Å². The van der Waals surface area contributed by atoms with E-state index in [-0.39, 0.29) is 12.3 Å². The van der Waals surface area contributed by atoms with E-state index < -0.39 is 0 Å². The summed E-state index contributed by atoms with van der Waals surface area (Å²) in [4.78, 5) is 12.3. The van der Waals surface area contributed by atoms with Gasteiger partial charge in [0, 0.05) is 12.6 Å². The number of carbonyl (C=O) groups excluding carboxylic acids is 1. The minimum atomic E-state index is -0.0243. The molecule has 0 heterocycles. The molecule has 0 aromatic heterocycles. The van der Waals surface area contributed by atoms with Crippen LogP contribution in [0.25, 0.3) is 0 Å². The van der Waals surface area contributed by atoms with Gasteiger partial charge >= 0.3 is 0 Å². The number of hydrogen-bond donors (Lipinski definition) is 1. The Bertz CT molecular complexity index is 629. The lowest BCUT2D eigenvalue weighted by Crippen LogP contribution is -2.38. The van der Waals surface area contributed by atoms with Gasteiger partial charge in [0.2, 0.25) is 0 Å². The van der Waals surface area contributed by atoms with Crippen molar-refractivity contribution in [1.29, 1.82) is 0 Å². The summed E-state index contributed by atoms with van der Waals surface area (Å²) >= 11 is 0. The SMILES string of the molecule is COc1ccc(C(=O)CNN(C)c2ccccc2)cc1OC. The molecule has 5 nitrogen and oxygen atoms in total. The highest BCUT2D eigenvalue weighted by Crippen LogP contribution is 2.27. The van der Waals surface area contributed by atoms with Gasteiger partial charge in [-0.2, -0.15) is 0 Å². The van der Waals surface area contributed by atoms with Gasteiger partial charge in [-0.05, 0) is 30.3 Å². The highest BCUT2D eigenvalue weighted by atomic mass is 16.5. The third-order valence-electron chi connectivity index (χ3n) is 3.33. The van der Waals surface area contributed by atoms with Crippen molar-refractivity contribution in [3.63, 3.8) is 0 Å². The van der Waals surface area contributed by atoms with Crippen LogP contribution >= 0.6 is 0 Å². The lowest BCUT2D eigenvalue weighted by Gasteiger charge is -2.20. The van der Waals surface area contributed by atoms with E-state index in [1.165, 1.54) is 0 Å². The number of ketones is 1. The lowest BCUT2D eigenvalue weighted by molar-refractivity contribution is 0.0990. The Kier molecular flexibility index (Phi) is 5.38. The number of para-hydroxylation sites is 1. The molecular weight excluding hydrogens is 280 g/mol. The number of hydrazine groups is 1. The van der Waals surface area contributed by atoms with Crippen LogP contribution in [-0.4, -0.2) is 33.6 Å². The highest BCUT2D eigenvalue weighted by molar-refractivity contribution is 5.98. The van der Waals surface area contributed by atoms with Gasteiger partial charge in [0.15, 0.2) is 17.3 Å². The van der Waals surface area contributed by atoms with Gasteiger partial charge in [-0.15, -0.1) is 0 Å². The average molecular weight is 300 g/mol. The van der Waals surface area contributed by atoms with Crippen LogP contribution in [0.2, 0.25) is 0 Å². The molecule has 0 amide bonds. The summed E-state index contributed by atoms with van der Waals surface area (Å²) in [6, 6.07) is 14.9. The Morgan fingerprint density at radius 3 is 2.36 bits per heavy atom. The topological polar surface area (TPSA) is 50.8 Å². The number of anilines is 1. The molecule has 0 aliphatic heterocycles. The van der Waals surface area contributed by atoms with Crippen molar-refractivity contribution in [2.45, 2.75) is 0 Å². The van der Waals surface area contributed by atoms with Gasteiger partial charge in [0.05, 0.1) is 26.5 Å². The number of hydrogen-bond acceptors (Lipinski definition) is 5. The smallest absolute Gasteiger partial charge is 0.178 e. The monoisotopic (exact) mass is 300 g/mol. The van der Waals surface area contributed by atoms with E-state index in [0.29, 0.717) is 17.1 Å². The second-order valence-corrected chi connectivity index (χ2v) is 4.72. The van der Waals surface area contributed by atoms with Gasteiger partial charge in [-0.1, -0.05) is 18.2 Å². The first-order chi connectivity index (χ1) is 10.7. The van der Waals surface area contributed by atoms with Crippen LogP contribution in [0.3, 0.4) is 0 Å². The Hall–Kier alpha value is -2.53. The molecule has 0 atom stereocenters. The molecule has 0 aliphatic carbocycles. The number of carbonyl (C=O) groups is 1. The average Bonchev–Trinajstić information content (AvgIpc) is 2.59. The number of Topliss-reactive ketones (excluding diaryl/α,β-unsaturated/α-hetero) is 1. The highest BCUT2D eigenvalue weighted by Gasteiger charge is 2.11. The molecule has 116 valence electrons. The maximum Gasteiger partial charge on any atom is 0.178 e. The van der Waals surface area contributed by atoms with Gasteiger partial charge < -0.3 is 14.5 Å². The molecule has 0 fully saturated rings. The number of nitrogens with one attached hydrogen (secondary N) is 1. The van der Waals surface area contributed by atoms with E-state index >= 15 is 0 Å². The molecule has 0 unspecified atom stereocenters. The van der Waals surface area contributed by atoms with Crippen LogP contribution in [0.15, 0.2) is 48.5 Å². The molecule has 0 radical (unpaired) electrons. The summed E-state index contributed by atoms with van der Waals surface area (Å²) in [6.07, 6.45) is 0. The number of benzene rings is 2. The Balaban J connectivity index is 2.00. The second kappa shape index (κ2) is 7.47. The molecule has 5 heteroatoms. The van der Waals surface area contributed by atoms with Gasteiger partial charge in [-0.3, -0.25) is 4.79 Å². The molecule has 0 aliphatic rings. The zero-order valence-electron chi connectivity index (χ0n) is 13.0. The summed E-state index contributed by atoms with van der Waals surface area (Å²) in [5.74, 6) is 1.13. The summed E-state index contributed by atoms with van der Waals surface area (Å²) in [6.45, 7) is 0.195. The van der Waals surface area contributed by atoms with Crippen LogP contribution in [0, 0.1) is 0 Å². The Labute approximate surface area is 130 Å². The van der Waals surface area contributed by atoms with E-state index in [1.54, 1.807) is 32.4 Å². The summed E-state index contributed by atoms with van der Waals surface area (Å²) in [5, 5.41) is 1.82. The first-order valence-electron chi connectivity index (χ1n) is 6.93. The van der Waals surface area contributed by atoms with E-state index in [1.807, 2.05) is 42.4 Å². The standard InChI is InChI=1S/C17H20N2O3/c1-19(14-7-5-4-6-8-14)18-12-15(20)13-9-10-16(21-2)17(11-13)22-3/h4-11,18H,12H2,1-3H3. The van der Waals surface area contributed by atoms with Crippen LogP contribution in [0.5, 0.6) is 11.5 Å². The van der Waals surface area contributed by atoms with E-state index in [9.17, 15) is 4.79 Å². The number of ether oxygens (including phenoxy) is 2. The first kappa shape index (κ1) is 15.9. The zero-order valence-corrected chi connectivity index (χ0v) is 13.0. The Morgan fingerprint density at radius 2 is 1.73 bits per heavy atom. The van der Waals surface area contributed by atoms with Crippen LogP contribution < -0.4 is 19.9 Å². The maximum absolute atomic E-state index is 12.3. The molecule has 22 heavy (non-hydrogen) atoms. The molecule has 1 N–H and O–H groups in total. The minimum absolute atomic E-state index is 0.0243. The predicted molar refractivity (Wildman–Crippen MR) is 86.7 cm³/mol. The molecule has 0 saturated heterocycles. The number of rotatable bonds is 7. The molecule has 0 saturated carbocycles. The van der Waals surface area contributed by atoms with Gasteiger partial charge in [0.1, 0.15) is 0 Å². The largest absolute Gasteiger partial charge is 0.493 e. The number of methoxy groups -OCH3 is 2. The number of nitrogens with zero attached hydrogens (tertiary/aromatic N) is 1. The van der Waals surface area contributed by atoms with Crippen molar-refractivity contribution in [2.24, 2.45) is 0 Å². The Morgan fingerprint density at radius 1 is 1.05 bits per heavy atom.